The van der Waals surface area contributed by atoms with E-state index < -0.39 is 0 Å². The Morgan fingerprint density at radius 1 is 1.20 bits per heavy atom. The SMILES string of the molecule is CCCCCCCCC(Cc1c(Br)c(C)nn1C)NC. The van der Waals surface area contributed by atoms with Crippen molar-refractivity contribution >= 4 is 15.9 Å². The molecule has 0 bridgehead atoms. The highest BCUT2D eigenvalue weighted by Crippen LogP contribution is 2.22. The Labute approximate surface area is 132 Å². The molecule has 0 aliphatic rings. The molecule has 0 aromatic carbocycles. The van der Waals surface area contributed by atoms with Gasteiger partial charge < -0.3 is 5.32 Å². The summed E-state index contributed by atoms with van der Waals surface area (Å²) in [5.41, 5.74) is 2.38. The fourth-order valence-electron chi connectivity index (χ4n) is 2.65. The third kappa shape index (κ3) is 5.57. The van der Waals surface area contributed by atoms with E-state index in [4.69, 9.17) is 0 Å². The Bertz CT molecular complexity index is 387. The van der Waals surface area contributed by atoms with Crippen LogP contribution in [0.3, 0.4) is 0 Å². The second-order valence-corrected chi connectivity index (χ2v) is 6.51. The number of aromatic nitrogens is 2. The maximum absolute atomic E-state index is 4.47. The zero-order valence-corrected chi connectivity index (χ0v) is 15.1. The lowest BCUT2D eigenvalue weighted by Gasteiger charge is -2.16. The van der Waals surface area contributed by atoms with Crippen LogP contribution in [0.4, 0.5) is 0 Å². The summed E-state index contributed by atoms with van der Waals surface area (Å²) in [6.45, 7) is 4.32. The molecule has 4 heteroatoms. The molecule has 1 atom stereocenters. The van der Waals surface area contributed by atoms with Crippen molar-refractivity contribution in [1.82, 2.24) is 15.1 Å². The lowest BCUT2D eigenvalue weighted by Crippen LogP contribution is -2.28. The molecule has 0 spiro atoms. The van der Waals surface area contributed by atoms with E-state index in [9.17, 15) is 0 Å². The van der Waals surface area contributed by atoms with Gasteiger partial charge in [0.15, 0.2) is 0 Å². The lowest BCUT2D eigenvalue weighted by atomic mass is 10.0. The molecule has 1 unspecified atom stereocenters. The van der Waals surface area contributed by atoms with E-state index in [1.54, 1.807) is 0 Å². The van der Waals surface area contributed by atoms with Gasteiger partial charge in [-0.05, 0) is 36.3 Å². The predicted octanol–water partition coefficient (Wildman–Crippen LogP) is 4.37. The fourth-order valence-corrected chi connectivity index (χ4v) is 3.15. The fraction of sp³-hybridized carbons (Fsp3) is 0.812. The normalized spacial score (nSPS) is 12.8. The van der Waals surface area contributed by atoms with Crippen molar-refractivity contribution in [1.29, 1.82) is 0 Å². The van der Waals surface area contributed by atoms with Gasteiger partial charge >= 0.3 is 0 Å². The van der Waals surface area contributed by atoms with Crippen LogP contribution in [0.5, 0.6) is 0 Å². The molecule has 1 aromatic rings. The Morgan fingerprint density at radius 2 is 1.85 bits per heavy atom. The highest BCUT2D eigenvalue weighted by atomic mass is 79.9. The third-order valence-corrected chi connectivity index (χ3v) is 5.05. The number of nitrogens with zero attached hydrogens (tertiary/aromatic N) is 2. The van der Waals surface area contributed by atoms with Gasteiger partial charge in [-0.25, -0.2) is 0 Å². The van der Waals surface area contributed by atoms with Crippen LogP contribution in [0.15, 0.2) is 4.47 Å². The summed E-state index contributed by atoms with van der Waals surface area (Å²) < 4.78 is 3.17. The van der Waals surface area contributed by atoms with Gasteiger partial charge in [-0.1, -0.05) is 45.4 Å². The first-order chi connectivity index (χ1) is 9.60. The molecule has 0 saturated carbocycles. The van der Waals surface area contributed by atoms with Gasteiger partial charge in [0.25, 0.3) is 0 Å². The molecule has 0 radical (unpaired) electrons. The smallest absolute Gasteiger partial charge is 0.0738 e. The maximum Gasteiger partial charge on any atom is 0.0738 e. The van der Waals surface area contributed by atoms with Gasteiger partial charge in [-0.15, -0.1) is 0 Å². The number of aryl methyl sites for hydroxylation is 2. The molecule has 1 N–H and O–H groups in total. The second kappa shape index (κ2) is 9.56. The monoisotopic (exact) mass is 343 g/mol. The molecule has 0 saturated heterocycles. The van der Waals surface area contributed by atoms with Crippen LogP contribution in [0.2, 0.25) is 0 Å². The quantitative estimate of drug-likeness (QED) is 0.639. The van der Waals surface area contributed by atoms with Crippen molar-refractivity contribution in [2.24, 2.45) is 7.05 Å². The minimum absolute atomic E-state index is 0.548. The highest BCUT2D eigenvalue weighted by Gasteiger charge is 2.15. The van der Waals surface area contributed by atoms with Gasteiger partial charge in [-0.3, -0.25) is 4.68 Å². The van der Waals surface area contributed by atoms with Crippen molar-refractivity contribution in [3.8, 4) is 0 Å². The molecule has 0 aliphatic carbocycles. The average molecular weight is 344 g/mol. The van der Waals surface area contributed by atoms with Crippen molar-refractivity contribution in [2.45, 2.75) is 71.3 Å². The molecule has 20 heavy (non-hydrogen) atoms. The Balaban J connectivity index is 2.35. The first-order valence-corrected chi connectivity index (χ1v) is 8.74. The van der Waals surface area contributed by atoms with Crippen molar-refractivity contribution in [3.05, 3.63) is 15.9 Å². The van der Waals surface area contributed by atoms with Gasteiger partial charge in [0, 0.05) is 19.5 Å². The van der Waals surface area contributed by atoms with Crippen LogP contribution in [0.1, 0.15) is 63.3 Å². The number of likely N-dealkylation sites (N-methyl/N-ethyl adjacent to an activating group) is 1. The molecule has 0 fully saturated rings. The molecular weight excluding hydrogens is 314 g/mol. The Kier molecular flexibility index (Phi) is 8.46. The standard InChI is InChI=1S/C16H30BrN3/c1-5-6-7-8-9-10-11-14(18-3)12-15-16(17)13(2)19-20(15)4/h14,18H,5-12H2,1-4H3. The summed E-state index contributed by atoms with van der Waals surface area (Å²) in [6.07, 6.45) is 10.5. The number of rotatable bonds is 10. The zero-order valence-electron chi connectivity index (χ0n) is 13.5. The summed E-state index contributed by atoms with van der Waals surface area (Å²) >= 11 is 3.66. The number of halogens is 1. The van der Waals surface area contributed by atoms with Crippen LogP contribution in [0.25, 0.3) is 0 Å². The van der Waals surface area contributed by atoms with E-state index in [1.165, 1.54) is 55.1 Å². The largest absolute Gasteiger partial charge is 0.317 e. The highest BCUT2D eigenvalue weighted by molar-refractivity contribution is 9.10. The summed E-state index contributed by atoms with van der Waals surface area (Å²) in [4.78, 5) is 0. The molecule has 1 rings (SSSR count). The topological polar surface area (TPSA) is 29.9 Å². The van der Waals surface area contributed by atoms with Gasteiger partial charge in [-0.2, -0.15) is 5.10 Å². The van der Waals surface area contributed by atoms with Crippen LogP contribution in [-0.4, -0.2) is 22.9 Å². The first kappa shape index (κ1) is 17.7. The molecule has 0 aliphatic heterocycles. The molecule has 0 amide bonds. The van der Waals surface area contributed by atoms with Crippen LogP contribution < -0.4 is 5.32 Å². The van der Waals surface area contributed by atoms with Gasteiger partial charge in [0.2, 0.25) is 0 Å². The van der Waals surface area contributed by atoms with Crippen LogP contribution in [0, 0.1) is 6.92 Å². The lowest BCUT2D eigenvalue weighted by molar-refractivity contribution is 0.469. The van der Waals surface area contributed by atoms with E-state index in [0.29, 0.717) is 6.04 Å². The minimum atomic E-state index is 0.548. The Morgan fingerprint density at radius 3 is 2.40 bits per heavy atom. The van der Waals surface area contributed by atoms with Gasteiger partial charge in [0.1, 0.15) is 0 Å². The van der Waals surface area contributed by atoms with Crippen molar-refractivity contribution < 1.29 is 0 Å². The van der Waals surface area contributed by atoms with E-state index in [-0.39, 0.29) is 0 Å². The van der Waals surface area contributed by atoms with E-state index in [2.05, 4.69) is 47.2 Å². The third-order valence-electron chi connectivity index (χ3n) is 4.02. The molecular formula is C16H30BrN3. The zero-order chi connectivity index (χ0) is 15.0. The first-order valence-electron chi connectivity index (χ1n) is 7.95. The molecule has 1 heterocycles. The molecule has 116 valence electrons. The van der Waals surface area contributed by atoms with Crippen LogP contribution >= 0.6 is 15.9 Å². The minimum Gasteiger partial charge on any atom is -0.317 e. The Hall–Kier alpha value is -0.350. The number of unbranched alkanes of at least 4 members (excludes halogenated alkanes) is 5. The van der Waals surface area contributed by atoms with E-state index in [1.807, 2.05) is 11.7 Å². The van der Waals surface area contributed by atoms with Crippen molar-refractivity contribution in [2.75, 3.05) is 7.05 Å². The van der Waals surface area contributed by atoms with Gasteiger partial charge in [0.05, 0.1) is 15.9 Å². The average Bonchev–Trinajstić information content (AvgIpc) is 2.67. The summed E-state index contributed by atoms with van der Waals surface area (Å²) in [5, 5.41) is 7.92. The number of hydrogen-bond acceptors (Lipinski definition) is 2. The van der Waals surface area contributed by atoms with Crippen LogP contribution in [-0.2, 0) is 13.5 Å². The summed E-state index contributed by atoms with van der Waals surface area (Å²) in [6, 6.07) is 0.548. The summed E-state index contributed by atoms with van der Waals surface area (Å²) in [5.74, 6) is 0. The number of hydrogen-bond donors (Lipinski definition) is 1. The van der Waals surface area contributed by atoms with Crippen molar-refractivity contribution in [3.63, 3.8) is 0 Å². The predicted molar refractivity (Wildman–Crippen MR) is 90.2 cm³/mol. The maximum atomic E-state index is 4.47. The second-order valence-electron chi connectivity index (χ2n) is 5.72. The molecule has 3 nitrogen and oxygen atoms in total. The number of nitrogens with one attached hydrogen (secondary N) is 1. The van der Waals surface area contributed by atoms with E-state index in [0.717, 1.165) is 12.1 Å². The summed E-state index contributed by atoms with van der Waals surface area (Å²) in [7, 11) is 4.10. The molecule has 1 aromatic heterocycles. The van der Waals surface area contributed by atoms with E-state index >= 15 is 0 Å².